The van der Waals surface area contributed by atoms with Gasteiger partial charge in [-0.2, -0.15) is 0 Å². The lowest BCUT2D eigenvalue weighted by molar-refractivity contribution is 0.751. The molecule has 0 amide bonds. The smallest absolute Gasteiger partial charge is 0.0711 e. The highest BCUT2D eigenvalue weighted by Gasteiger charge is 2.48. The third-order valence-electron chi connectivity index (χ3n) is 10.1. The molecule has 0 aliphatic heterocycles. The van der Waals surface area contributed by atoms with Gasteiger partial charge < -0.3 is 4.90 Å². The Morgan fingerprint density at radius 1 is 0.479 bits per heavy atom. The Kier molecular flexibility index (Phi) is 6.91. The molecular formula is C47H35N. The molecule has 0 N–H and O–H groups in total. The van der Waals surface area contributed by atoms with E-state index >= 15 is 0 Å². The van der Waals surface area contributed by atoms with Crippen molar-refractivity contribution in [1.29, 1.82) is 0 Å². The molecule has 7 aromatic rings. The van der Waals surface area contributed by atoms with Gasteiger partial charge in [-0.15, -0.1) is 0 Å². The van der Waals surface area contributed by atoms with Crippen LogP contribution in [0.3, 0.4) is 0 Å². The average Bonchev–Trinajstić information content (AvgIpc) is 3.48. The summed E-state index contributed by atoms with van der Waals surface area (Å²) in [6, 6.07) is 62.3. The molecule has 1 atom stereocenters. The van der Waals surface area contributed by atoms with Crippen LogP contribution in [0.2, 0.25) is 0 Å². The summed E-state index contributed by atoms with van der Waals surface area (Å²) < 4.78 is 0. The van der Waals surface area contributed by atoms with Gasteiger partial charge in [0.15, 0.2) is 0 Å². The van der Waals surface area contributed by atoms with E-state index in [-0.39, 0.29) is 0 Å². The number of para-hydroxylation sites is 1. The van der Waals surface area contributed by atoms with Crippen LogP contribution >= 0.6 is 0 Å². The molecule has 2 aliphatic rings. The molecule has 0 aromatic heterocycles. The molecule has 1 unspecified atom stereocenters. The van der Waals surface area contributed by atoms with Gasteiger partial charge in [-0.25, -0.2) is 0 Å². The van der Waals surface area contributed by atoms with E-state index in [4.69, 9.17) is 0 Å². The van der Waals surface area contributed by atoms with Crippen LogP contribution in [0.5, 0.6) is 0 Å². The number of benzene rings is 7. The summed E-state index contributed by atoms with van der Waals surface area (Å²) in [6.07, 6.45) is 9.32. The molecule has 228 valence electrons. The van der Waals surface area contributed by atoms with Crippen LogP contribution in [-0.2, 0) is 5.41 Å². The van der Waals surface area contributed by atoms with Crippen molar-refractivity contribution < 1.29 is 0 Å². The Hall–Kier alpha value is -5.92. The Bertz CT molecular complexity index is 2350. The molecule has 0 saturated heterocycles. The molecule has 0 bridgehead atoms. The van der Waals surface area contributed by atoms with Crippen molar-refractivity contribution in [2.45, 2.75) is 18.3 Å². The highest BCUT2D eigenvalue weighted by molar-refractivity contribution is 5.98. The zero-order valence-electron chi connectivity index (χ0n) is 26.8. The van der Waals surface area contributed by atoms with Gasteiger partial charge >= 0.3 is 0 Å². The number of rotatable bonds is 6. The molecule has 1 heteroatoms. The largest absolute Gasteiger partial charge is 0.310 e. The third kappa shape index (κ3) is 4.47. The van der Waals surface area contributed by atoms with E-state index in [9.17, 15) is 0 Å². The molecule has 1 nitrogen and oxygen atoms in total. The predicted molar refractivity (Wildman–Crippen MR) is 202 cm³/mol. The third-order valence-corrected chi connectivity index (χ3v) is 10.1. The van der Waals surface area contributed by atoms with Gasteiger partial charge in [-0.05, 0) is 99.0 Å². The number of anilines is 3. The first-order valence-electron chi connectivity index (χ1n) is 16.9. The molecule has 7 aromatic carbocycles. The van der Waals surface area contributed by atoms with Crippen molar-refractivity contribution in [2.75, 3.05) is 4.90 Å². The van der Waals surface area contributed by atoms with Crippen molar-refractivity contribution in [3.8, 4) is 22.3 Å². The van der Waals surface area contributed by atoms with Crippen LogP contribution in [0.15, 0.2) is 194 Å². The summed E-state index contributed by atoms with van der Waals surface area (Å²) in [5, 5.41) is 2.51. The van der Waals surface area contributed by atoms with Gasteiger partial charge in [0.1, 0.15) is 0 Å². The maximum absolute atomic E-state index is 2.47. The fraction of sp³-hybridized carbons (Fsp3) is 0.0638. The van der Waals surface area contributed by atoms with Crippen LogP contribution in [0.1, 0.15) is 29.5 Å². The van der Waals surface area contributed by atoms with Gasteiger partial charge in [0.25, 0.3) is 0 Å². The average molecular weight is 614 g/mol. The van der Waals surface area contributed by atoms with Gasteiger partial charge in [0.05, 0.1) is 11.1 Å². The topological polar surface area (TPSA) is 3.24 Å². The van der Waals surface area contributed by atoms with Crippen molar-refractivity contribution in [1.82, 2.24) is 0 Å². The van der Waals surface area contributed by atoms with Gasteiger partial charge in [-0.1, -0.05) is 152 Å². The second-order valence-electron chi connectivity index (χ2n) is 12.8. The van der Waals surface area contributed by atoms with E-state index in [0.717, 1.165) is 24.2 Å². The van der Waals surface area contributed by atoms with Crippen LogP contribution < -0.4 is 4.90 Å². The summed E-state index contributed by atoms with van der Waals surface area (Å²) in [5.74, 6) is 0. The number of hydrogen-bond acceptors (Lipinski definition) is 1. The fourth-order valence-electron chi connectivity index (χ4n) is 8.06. The van der Waals surface area contributed by atoms with Gasteiger partial charge in [-0.3, -0.25) is 0 Å². The Balaban J connectivity index is 1.30. The fourth-order valence-corrected chi connectivity index (χ4v) is 8.06. The number of fused-ring (bicyclic) bond motifs is 4. The van der Waals surface area contributed by atoms with Crippen LogP contribution in [0, 0.1) is 0 Å². The first-order chi connectivity index (χ1) is 23.8. The zero-order valence-corrected chi connectivity index (χ0v) is 26.8. The minimum Gasteiger partial charge on any atom is -0.310 e. The number of allylic oxidation sites excluding steroid dienone is 4. The Morgan fingerprint density at radius 3 is 2.00 bits per heavy atom. The molecule has 0 spiro atoms. The second kappa shape index (κ2) is 11.7. The molecule has 0 radical (unpaired) electrons. The van der Waals surface area contributed by atoms with E-state index in [2.05, 4.69) is 193 Å². The minimum absolute atomic E-state index is 0.407. The Morgan fingerprint density at radius 2 is 1.17 bits per heavy atom. The molecule has 0 heterocycles. The highest BCUT2D eigenvalue weighted by Crippen LogP contribution is 2.60. The van der Waals surface area contributed by atoms with Gasteiger partial charge in [0, 0.05) is 16.9 Å². The lowest BCUT2D eigenvalue weighted by Crippen LogP contribution is -2.29. The first kappa shape index (κ1) is 28.3. The van der Waals surface area contributed by atoms with Gasteiger partial charge in [0.2, 0.25) is 0 Å². The Labute approximate surface area is 282 Å². The number of hydrogen-bond donors (Lipinski definition) is 0. The van der Waals surface area contributed by atoms with Crippen molar-refractivity contribution in [3.63, 3.8) is 0 Å². The van der Waals surface area contributed by atoms with E-state index < -0.39 is 5.41 Å². The minimum atomic E-state index is -0.407. The van der Waals surface area contributed by atoms with Crippen molar-refractivity contribution >= 4 is 27.8 Å². The van der Waals surface area contributed by atoms with E-state index in [1.165, 1.54) is 61.0 Å². The van der Waals surface area contributed by atoms with E-state index in [1.807, 2.05) is 0 Å². The standard InChI is InChI=1S/C47H35N/c1-4-19-38(20-5-1)47(39-21-6-2-7-22-39)43-27-13-12-26-42(43)46-44(47)28-15-29-45(46)48(40-23-8-3-9-24-40)41-25-14-18-36(33-41)37-31-30-34-16-10-11-17-35(34)32-37/h1,3-6,8-33H,2,7H2. The summed E-state index contributed by atoms with van der Waals surface area (Å²) >= 11 is 0. The normalized spacial score (nSPS) is 16.3. The molecule has 0 saturated carbocycles. The van der Waals surface area contributed by atoms with Crippen LogP contribution in [0.25, 0.3) is 33.0 Å². The van der Waals surface area contributed by atoms with E-state index in [1.54, 1.807) is 0 Å². The lowest BCUT2D eigenvalue weighted by Gasteiger charge is -2.36. The first-order valence-corrected chi connectivity index (χ1v) is 16.9. The highest BCUT2D eigenvalue weighted by atomic mass is 15.1. The maximum Gasteiger partial charge on any atom is 0.0711 e. The summed E-state index contributed by atoms with van der Waals surface area (Å²) in [7, 11) is 0. The van der Waals surface area contributed by atoms with E-state index in [0.29, 0.717) is 0 Å². The summed E-state index contributed by atoms with van der Waals surface area (Å²) in [5.41, 5.74) is 13.4. The predicted octanol–water partition coefficient (Wildman–Crippen LogP) is 12.6. The van der Waals surface area contributed by atoms with Crippen LogP contribution in [-0.4, -0.2) is 0 Å². The lowest BCUT2D eigenvalue weighted by atomic mass is 9.66. The second-order valence-corrected chi connectivity index (χ2v) is 12.8. The molecule has 48 heavy (non-hydrogen) atoms. The molecule has 9 rings (SSSR count). The maximum atomic E-state index is 2.47. The summed E-state index contributed by atoms with van der Waals surface area (Å²) in [6.45, 7) is 0. The monoisotopic (exact) mass is 613 g/mol. The van der Waals surface area contributed by atoms with Crippen molar-refractivity contribution in [2.24, 2.45) is 0 Å². The number of nitrogens with zero attached hydrogens (tertiary/aromatic N) is 1. The zero-order chi connectivity index (χ0) is 31.9. The molecule has 0 fully saturated rings. The SMILES string of the molecule is C1=CC(C2(c3ccccc3)c3ccccc3-c3c(N(c4ccccc4)c4cccc(-c5ccc6ccccc6c5)c4)cccc32)=CCC1. The van der Waals surface area contributed by atoms with Crippen LogP contribution in [0.4, 0.5) is 17.1 Å². The molecule has 2 aliphatic carbocycles. The molecular weight excluding hydrogens is 579 g/mol. The quantitative estimate of drug-likeness (QED) is 0.180. The van der Waals surface area contributed by atoms with Crippen molar-refractivity contribution in [3.05, 3.63) is 210 Å². The summed E-state index contributed by atoms with van der Waals surface area (Å²) in [4.78, 5) is 2.45.